The van der Waals surface area contributed by atoms with Crippen LogP contribution in [-0.4, -0.2) is 33.2 Å². The van der Waals surface area contributed by atoms with Crippen molar-refractivity contribution in [2.45, 2.75) is 13.8 Å². The van der Waals surface area contributed by atoms with Gasteiger partial charge in [-0.25, -0.2) is 14.8 Å². The number of hydrogen-bond donors (Lipinski definition) is 2. The van der Waals surface area contributed by atoms with Crippen LogP contribution in [0.1, 0.15) is 21.1 Å². The van der Waals surface area contributed by atoms with Crippen LogP contribution in [0.4, 0.5) is 11.6 Å². The number of aryl methyl sites for hydroxylation is 2. The number of nitrogens with one attached hydrogen (secondary N) is 2. The van der Waals surface area contributed by atoms with Crippen LogP contribution in [0.3, 0.4) is 0 Å². The highest BCUT2D eigenvalue weighted by molar-refractivity contribution is 7.17. The van der Waals surface area contributed by atoms with Gasteiger partial charge in [0.25, 0.3) is 0 Å². The minimum Gasteiger partial charge on any atom is -0.465 e. The van der Waals surface area contributed by atoms with E-state index in [-0.39, 0.29) is 5.97 Å². The smallest absolute Gasteiger partial charge is 0.348 e. The SMILES string of the molecule is COC(=O)c1ccc(-c2nc(C)cc(Nc3cc(C)[nH]n3)n2)s1. The summed E-state index contributed by atoms with van der Waals surface area (Å²) < 4.78 is 4.72. The molecule has 0 spiro atoms. The molecule has 0 saturated heterocycles. The molecule has 0 atom stereocenters. The van der Waals surface area contributed by atoms with Crippen molar-refractivity contribution in [3.8, 4) is 10.7 Å². The predicted octanol–water partition coefficient (Wildman–Crippen LogP) is 3.08. The number of thiophene rings is 1. The molecule has 3 heterocycles. The summed E-state index contributed by atoms with van der Waals surface area (Å²) in [5, 5.41) is 10.1. The molecule has 0 saturated carbocycles. The lowest BCUT2D eigenvalue weighted by Gasteiger charge is -2.05. The molecule has 0 aliphatic carbocycles. The average Bonchev–Trinajstić information content (AvgIpc) is 3.15. The van der Waals surface area contributed by atoms with E-state index in [0.29, 0.717) is 22.3 Å². The van der Waals surface area contributed by atoms with E-state index in [0.717, 1.165) is 16.3 Å². The largest absolute Gasteiger partial charge is 0.465 e. The second-order valence-electron chi connectivity index (χ2n) is 4.93. The normalized spacial score (nSPS) is 10.6. The fourth-order valence-electron chi connectivity index (χ4n) is 2.02. The second-order valence-corrected chi connectivity index (χ2v) is 6.02. The maximum Gasteiger partial charge on any atom is 0.348 e. The van der Waals surface area contributed by atoms with Crippen molar-refractivity contribution in [2.75, 3.05) is 12.4 Å². The van der Waals surface area contributed by atoms with Gasteiger partial charge in [-0.1, -0.05) is 0 Å². The molecule has 7 nitrogen and oxygen atoms in total. The Morgan fingerprint density at radius 3 is 2.74 bits per heavy atom. The van der Waals surface area contributed by atoms with Gasteiger partial charge in [-0.3, -0.25) is 5.10 Å². The van der Waals surface area contributed by atoms with Crippen LogP contribution < -0.4 is 5.32 Å². The van der Waals surface area contributed by atoms with Gasteiger partial charge in [0, 0.05) is 23.5 Å². The lowest BCUT2D eigenvalue weighted by Crippen LogP contribution is -1.99. The van der Waals surface area contributed by atoms with Gasteiger partial charge in [0.2, 0.25) is 0 Å². The number of rotatable bonds is 4. The van der Waals surface area contributed by atoms with Crippen LogP contribution in [0.25, 0.3) is 10.7 Å². The van der Waals surface area contributed by atoms with E-state index in [4.69, 9.17) is 4.74 Å². The number of aromatic nitrogens is 4. The van der Waals surface area contributed by atoms with Crippen LogP contribution >= 0.6 is 11.3 Å². The van der Waals surface area contributed by atoms with Crippen molar-refractivity contribution in [1.82, 2.24) is 20.2 Å². The van der Waals surface area contributed by atoms with Crippen LogP contribution in [0, 0.1) is 13.8 Å². The zero-order valence-corrected chi connectivity index (χ0v) is 13.7. The summed E-state index contributed by atoms with van der Waals surface area (Å²) in [6, 6.07) is 7.25. The number of aromatic amines is 1. The molecule has 23 heavy (non-hydrogen) atoms. The number of methoxy groups -OCH3 is 1. The molecule has 3 aromatic rings. The molecule has 0 aliphatic heterocycles. The molecule has 0 radical (unpaired) electrons. The van der Waals surface area contributed by atoms with Crippen molar-refractivity contribution in [3.63, 3.8) is 0 Å². The third-order valence-electron chi connectivity index (χ3n) is 3.03. The van der Waals surface area contributed by atoms with Crippen LogP contribution in [0.15, 0.2) is 24.3 Å². The van der Waals surface area contributed by atoms with E-state index < -0.39 is 0 Å². The van der Waals surface area contributed by atoms with Gasteiger partial charge in [-0.05, 0) is 26.0 Å². The maximum atomic E-state index is 11.6. The van der Waals surface area contributed by atoms with Crippen molar-refractivity contribution in [3.05, 3.63) is 40.5 Å². The molecule has 0 unspecified atom stereocenters. The summed E-state index contributed by atoms with van der Waals surface area (Å²) in [4.78, 5) is 21.8. The lowest BCUT2D eigenvalue weighted by atomic mass is 10.3. The van der Waals surface area contributed by atoms with E-state index in [1.165, 1.54) is 18.4 Å². The van der Waals surface area contributed by atoms with Crippen LogP contribution in [0.2, 0.25) is 0 Å². The van der Waals surface area contributed by atoms with Gasteiger partial charge < -0.3 is 10.1 Å². The van der Waals surface area contributed by atoms with Crippen molar-refractivity contribution in [1.29, 1.82) is 0 Å². The number of H-pyrrole nitrogens is 1. The summed E-state index contributed by atoms with van der Waals surface area (Å²) >= 11 is 1.30. The molecule has 2 N–H and O–H groups in total. The Labute approximate surface area is 136 Å². The zero-order chi connectivity index (χ0) is 16.4. The Bertz CT molecular complexity index is 855. The highest BCUT2D eigenvalue weighted by atomic mass is 32.1. The Morgan fingerprint density at radius 1 is 1.22 bits per heavy atom. The molecule has 0 aliphatic rings. The highest BCUT2D eigenvalue weighted by Crippen LogP contribution is 2.27. The van der Waals surface area contributed by atoms with Gasteiger partial charge in [0.1, 0.15) is 10.7 Å². The molecule has 118 valence electrons. The first-order valence-electron chi connectivity index (χ1n) is 6.88. The Kier molecular flexibility index (Phi) is 4.07. The van der Waals surface area contributed by atoms with Gasteiger partial charge >= 0.3 is 5.97 Å². The monoisotopic (exact) mass is 329 g/mol. The van der Waals surface area contributed by atoms with Crippen molar-refractivity contribution < 1.29 is 9.53 Å². The molecule has 3 aromatic heterocycles. The molecule has 0 bridgehead atoms. The molecular weight excluding hydrogens is 314 g/mol. The number of hydrogen-bond acceptors (Lipinski definition) is 7. The van der Waals surface area contributed by atoms with E-state index in [1.807, 2.05) is 32.0 Å². The molecule has 8 heteroatoms. The number of ether oxygens (including phenoxy) is 1. The fourth-order valence-corrected chi connectivity index (χ4v) is 2.88. The van der Waals surface area contributed by atoms with E-state index in [1.54, 1.807) is 6.07 Å². The average molecular weight is 329 g/mol. The highest BCUT2D eigenvalue weighted by Gasteiger charge is 2.13. The number of anilines is 2. The maximum absolute atomic E-state index is 11.6. The predicted molar refractivity (Wildman–Crippen MR) is 88.0 cm³/mol. The van der Waals surface area contributed by atoms with Gasteiger partial charge in [-0.15, -0.1) is 11.3 Å². The van der Waals surface area contributed by atoms with Crippen molar-refractivity contribution in [2.24, 2.45) is 0 Å². The second kappa shape index (κ2) is 6.17. The number of carbonyl (C=O) groups is 1. The summed E-state index contributed by atoms with van der Waals surface area (Å²) in [6.07, 6.45) is 0. The third-order valence-corrected chi connectivity index (χ3v) is 4.09. The Hall–Kier alpha value is -2.74. The molecule has 0 aromatic carbocycles. The zero-order valence-electron chi connectivity index (χ0n) is 12.9. The van der Waals surface area contributed by atoms with Crippen LogP contribution in [-0.2, 0) is 4.74 Å². The molecule has 0 fully saturated rings. The number of esters is 1. The minimum atomic E-state index is -0.362. The summed E-state index contributed by atoms with van der Waals surface area (Å²) in [5.41, 5.74) is 1.78. The van der Waals surface area contributed by atoms with Gasteiger partial charge in [0.05, 0.1) is 12.0 Å². The molecule has 3 rings (SSSR count). The molecular formula is C15H15N5O2S. The molecule has 0 amide bonds. The fraction of sp³-hybridized carbons (Fsp3) is 0.200. The summed E-state index contributed by atoms with van der Waals surface area (Å²) in [5.74, 6) is 1.53. The first kappa shape index (κ1) is 15.2. The van der Waals surface area contributed by atoms with Crippen molar-refractivity contribution >= 4 is 28.9 Å². The summed E-state index contributed by atoms with van der Waals surface area (Å²) in [7, 11) is 1.36. The van der Waals surface area contributed by atoms with E-state index in [9.17, 15) is 4.79 Å². The minimum absolute atomic E-state index is 0.362. The van der Waals surface area contributed by atoms with Gasteiger partial charge in [-0.2, -0.15) is 5.10 Å². The third kappa shape index (κ3) is 3.37. The number of carbonyl (C=O) groups excluding carboxylic acids is 1. The van der Waals surface area contributed by atoms with Gasteiger partial charge in [0.15, 0.2) is 11.6 Å². The van der Waals surface area contributed by atoms with Crippen LogP contribution in [0.5, 0.6) is 0 Å². The Morgan fingerprint density at radius 2 is 2.04 bits per heavy atom. The first-order chi connectivity index (χ1) is 11.0. The first-order valence-corrected chi connectivity index (χ1v) is 7.70. The standard InChI is InChI=1S/C15H15N5O2S/c1-8-6-12(17-13-7-9(2)19-20-13)18-14(16-8)10-4-5-11(23-10)15(21)22-3/h4-7H,1-3H3,(H2,16,17,18,19,20). The Balaban J connectivity index is 1.91. The summed E-state index contributed by atoms with van der Waals surface area (Å²) in [6.45, 7) is 3.82. The lowest BCUT2D eigenvalue weighted by molar-refractivity contribution is 0.0606. The quantitative estimate of drug-likeness (QED) is 0.715. The number of nitrogens with zero attached hydrogens (tertiary/aromatic N) is 3. The topological polar surface area (TPSA) is 92.8 Å². The van der Waals surface area contributed by atoms with E-state index in [2.05, 4.69) is 25.5 Å². The van der Waals surface area contributed by atoms with E-state index >= 15 is 0 Å².